The molecule has 2 rings (SSSR count). The number of pyridine rings is 1. The molecule has 138 valence electrons. The number of aromatic nitrogens is 1. The third-order valence-electron chi connectivity index (χ3n) is 3.58. The van der Waals surface area contributed by atoms with Crippen LogP contribution >= 0.6 is 0 Å². The number of carboxylic acid groups (broad SMARTS) is 1. The Morgan fingerprint density at radius 1 is 1.27 bits per heavy atom. The van der Waals surface area contributed by atoms with E-state index in [-0.39, 0.29) is 0 Å². The molecule has 0 bridgehead atoms. The van der Waals surface area contributed by atoms with E-state index in [1.54, 1.807) is 12.1 Å². The monoisotopic (exact) mass is 359 g/mol. The topological polar surface area (TPSA) is 121 Å². The molecule has 0 fully saturated rings. The van der Waals surface area contributed by atoms with Gasteiger partial charge in [-0.25, -0.2) is 14.6 Å². The second kappa shape index (κ2) is 8.30. The Morgan fingerprint density at radius 3 is 2.65 bits per heavy atom. The van der Waals surface area contributed by atoms with Crippen LogP contribution in [-0.2, 0) is 11.2 Å². The highest BCUT2D eigenvalue weighted by atomic mass is 16.5. The Balaban J connectivity index is 1.90. The third kappa shape index (κ3) is 5.45. The molecule has 1 heterocycles. The average molecular weight is 359 g/mol. The molecule has 0 saturated heterocycles. The number of aryl methyl sites for hydroxylation is 1. The van der Waals surface area contributed by atoms with Gasteiger partial charge in [-0.15, -0.1) is 0 Å². The van der Waals surface area contributed by atoms with Crippen LogP contribution in [0.2, 0.25) is 0 Å². The van der Waals surface area contributed by atoms with Crippen LogP contribution in [-0.4, -0.2) is 39.3 Å². The third-order valence-corrected chi connectivity index (χ3v) is 3.58. The van der Waals surface area contributed by atoms with Crippen molar-refractivity contribution in [2.75, 3.05) is 11.9 Å². The minimum atomic E-state index is -2.04. The molecule has 0 aliphatic carbocycles. The number of rotatable bonds is 7. The first kappa shape index (κ1) is 19.2. The van der Waals surface area contributed by atoms with Crippen molar-refractivity contribution in [3.8, 4) is 11.6 Å². The van der Waals surface area contributed by atoms with Crippen LogP contribution in [0.5, 0.6) is 11.6 Å². The average Bonchev–Trinajstić information content (AvgIpc) is 2.62. The first-order chi connectivity index (χ1) is 12.3. The molecule has 0 spiro atoms. The Hall–Kier alpha value is -3.13. The van der Waals surface area contributed by atoms with Crippen LogP contribution < -0.4 is 15.4 Å². The van der Waals surface area contributed by atoms with Gasteiger partial charge in [0.05, 0.1) is 18.4 Å². The fraction of sp³-hybridized carbons (Fsp3) is 0.278. The molecule has 0 saturated carbocycles. The van der Waals surface area contributed by atoms with E-state index in [9.17, 15) is 14.7 Å². The van der Waals surface area contributed by atoms with Gasteiger partial charge >= 0.3 is 12.0 Å². The highest BCUT2D eigenvalue weighted by Crippen LogP contribution is 2.21. The summed E-state index contributed by atoms with van der Waals surface area (Å²) in [6.45, 7) is 2.71. The quantitative estimate of drug-likeness (QED) is 0.602. The molecule has 2 aromatic rings. The minimum absolute atomic E-state index is 0.373. The molecule has 0 aliphatic rings. The number of carbonyl (C=O) groups is 2. The van der Waals surface area contributed by atoms with Gasteiger partial charge in [0.15, 0.2) is 5.60 Å². The van der Waals surface area contributed by atoms with E-state index in [4.69, 9.17) is 9.84 Å². The Morgan fingerprint density at radius 2 is 2.04 bits per heavy atom. The van der Waals surface area contributed by atoms with Crippen LogP contribution in [0.3, 0.4) is 0 Å². The van der Waals surface area contributed by atoms with Gasteiger partial charge in [-0.2, -0.15) is 0 Å². The van der Waals surface area contributed by atoms with Crippen molar-refractivity contribution in [1.29, 1.82) is 0 Å². The number of ether oxygens (including phenoxy) is 1. The summed E-state index contributed by atoms with van der Waals surface area (Å²) < 4.78 is 5.66. The number of aliphatic carboxylic acids is 1. The summed E-state index contributed by atoms with van der Waals surface area (Å²) in [4.78, 5) is 26.6. The predicted octanol–water partition coefficient (Wildman–Crippen LogP) is 2.39. The molecule has 8 nitrogen and oxygen atoms in total. The molecule has 4 N–H and O–H groups in total. The standard InChI is InChI=1S/C18H21N3O5/c1-3-12-5-4-6-14(9-12)26-15-8-7-13(10-19-15)21-17(24)20-11-18(2,25)16(22)23/h4-10,25H,3,11H2,1-2H3,(H,22,23)(H2,20,21,24). The van der Waals surface area contributed by atoms with Crippen molar-refractivity contribution >= 4 is 17.7 Å². The number of aliphatic hydroxyl groups is 1. The van der Waals surface area contributed by atoms with Crippen LogP contribution in [0, 0.1) is 0 Å². The van der Waals surface area contributed by atoms with Gasteiger partial charge in [0.25, 0.3) is 0 Å². The van der Waals surface area contributed by atoms with Gasteiger partial charge in [-0.3, -0.25) is 0 Å². The molecular weight excluding hydrogens is 338 g/mol. The maximum Gasteiger partial charge on any atom is 0.337 e. The van der Waals surface area contributed by atoms with E-state index in [2.05, 4.69) is 22.5 Å². The smallest absolute Gasteiger partial charge is 0.337 e. The Labute approximate surface area is 150 Å². The first-order valence-corrected chi connectivity index (χ1v) is 8.03. The summed E-state index contributed by atoms with van der Waals surface area (Å²) in [5.74, 6) is -0.377. The lowest BCUT2D eigenvalue weighted by atomic mass is 10.1. The normalized spacial score (nSPS) is 12.7. The molecule has 1 unspecified atom stereocenters. The van der Waals surface area contributed by atoms with E-state index in [0.29, 0.717) is 17.3 Å². The molecule has 2 amide bonds. The number of urea groups is 1. The lowest BCUT2D eigenvalue weighted by Crippen LogP contribution is -2.47. The van der Waals surface area contributed by atoms with E-state index in [0.717, 1.165) is 18.9 Å². The number of hydrogen-bond donors (Lipinski definition) is 4. The van der Waals surface area contributed by atoms with Gasteiger partial charge < -0.3 is 25.6 Å². The molecule has 8 heteroatoms. The highest BCUT2D eigenvalue weighted by molar-refractivity contribution is 5.89. The number of carboxylic acids is 1. The van der Waals surface area contributed by atoms with Crippen LogP contribution in [0.15, 0.2) is 42.6 Å². The van der Waals surface area contributed by atoms with Crippen molar-refractivity contribution in [3.05, 3.63) is 48.2 Å². The Bertz CT molecular complexity index is 775. The molecule has 1 aromatic heterocycles. The summed E-state index contributed by atoms with van der Waals surface area (Å²) in [5.41, 5.74) is -0.498. The largest absolute Gasteiger partial charge is 0.479 e. The Kier molecular flexibility index (Phi) is 6.13. The number of anilines is 1. The molecule has 0 aliphatic heterocycles. The molecule has 0 radical (unpaired) electrons. The summed E-state index contributed by atoms with van der Waals surface area (Å²) in [7, 11) is 0. The number of carbonyl (C=O) groups excluding carboxylic acids is 1. The lowest BCUT2D eigenvalue weighted by molar-refractivity contribution is -0.155. The van der Waals surface area contributed by atoms with E-state index < -0.39 is 24.1 Å². The lowest BCUT2D eigenvalue weighted by Gasteiger charge is -2.18. The zero-order valence-corrected chi connectivity index (χ0v) is 14.5. The fourth-order valence-electron chi connectivity index (χ4n) is 1.97. The fourth-order valence-corrected chi connectivity index (χ4v) is 1.97. The minimum Gasteiger partial charge on any atom is -0.479 e. The number of hydrogen-bond acceptors (Lipinski definition) is 5. The van der Waals surface area contributed by atoms with Crippen molar-refractivity contribution in [2.45, 2.75) is 25.9 Å². The van der Waals surface area contributed by atoms with Gasteiger partial charge in [0.1, 0.15) is 5.75 Å². The van der Waals surface area contributed by atoms with Gasteiger partial charge in [-0.1, -0.05) is 19.1 Å². The molecular formula is C18H21N3O5. The number of nitrogens with one attached hydrogen (secondary N) is 2. The molecule has 1 atom stereocenters. The van der Waals surface area contributed by atoms with E-state index in [1.807, 2.05) is 24.3 Å². The summed E-state index contributed by atoms with van der Waals surface area (Å²) >= 11 is 0. The van der Waals surface area contributed by atoms with E-state index in [1.165, 1.54) is 6.20 Å². The van der Waals surface area contributed by atoms with Crippen molar-refractivity contribution < 1.29 is 24.5 Å². The summed E-state index contributed by atoms with van der Waals surface area (Å²) in [6.07, 6.45) is 2.31. The second-order valence-corrected chi connectivity index (χ2v) is 5.87. The molecule has 26 heavy (non-hydrogen) atoms. The predicted molar refractivity (Wildman–Crippen MR) is 95.4 cm³/mol. The van der Waals surface area contributed by atoms with Gasteiger partial charge in [0.2, 0.25) is 5.88 Å². The zero-order chi connectivity index (χ0) is 19.2. The van der Waals surface area contributed by atoms with E-state index >= 15 is 0 Å². The zero-order valence-electron chi connectivity index (χ0n) is 14.5. The summed E-state index contributed by atoms with van der Waals surface area (Å²) in [5, 5.41) is 23.1. The maximum atomic E-state index is 11.7. The second-order valence-electron chi connectivity index (χ2n) is 5.87. The van der Waals surface area contributed by atoms with Crippen LogP contribution in [0.4, 0.5) is 10.5 Å². The number of amides is 2. The summed E-state index contributed by atoms with van der Waals surface area (Å²) in [6, 6.07) is 10.2. The van der Waals surface area contributed by atoms with Crippen LogP contribution in [0.1, 0.15) is 19.4 Å². The van der Waals surface area contributed by atoms with Crippen LogP contribution in [0.25, 0.3) is 0 Å². The SMILES string of the molecule is CCc1cccc(Oc2ccc(NC(=O)NCC(C)(O)C(=O)O)cn2)c1. The number of benzene rings is 1. The van der Waals surface area contributed by atoms with Gasteiger partial charge in [-0.05, 0) is 37.1 Å². The first-order valence-electron chi connectivity index (χ1n) is 8.03. The van der Waals surface area contributed by atoms with Gasteiger partial charge in [0, 0.05) is 6.07 Å². The maximum absolute atomic E-state index is 11.7. The number of nitrogens with zero attached hydrogens (tertiary/aromatic N) is 1. The van der Waals surface area contributed by atoms with Crippen molar-refractivity contribution in [3.63, 3.8) is 0 Å². The molecule has 1 aromatic carbocycles. The highest BCUT2D eigenvalue weighted by Gasteiger charge is 2.30. The van der Waals surface area contributed by atoms with Crippen molar-refractivity contribution in [2.24, 2.45) is 0 Å². The van der Waals surface area contributed by atoms with Crippen molar-refractivity contribution in [1.82, 2.24) is 10.3 Å².